The smallest absolute Gasteiger partial charge is 0.240 e. The van der Waals surface area contributed by atoms with Crippen molar-refractivity contribution < 1.29 is 23.9 Å². The standard InChI is InChI=1S/C19H23FN2O4/c1-21-16(24)10-19(18(21)26,13-5-4-6-14(20)9-13)11-17(25)22-8-3-2-7-15(22)12-23/h4-6,9,15,23H,2-3,7-8,10-12H2,1H3. The number of hydrogen-bond donors (Lipinski definition) is 1. The van der Waals surface area contributed by atoms with Crippen molar-refractivity contribution in [2.24, 2.45) is 0 Å². The van der Waals surface area contributed by atoms with Gasteiger partial charge in [-0.15, -0.1) is 0 Å². The van der Waals surface area contributed by atoms with E-state index in [-0.39, 0.29) is 37.3 Å². The van der Waals surface area contributed by atoms with E-state index in [0.717, 1.165) is 17.7 Å². The number of likely N-dealkylation sites (N-methyl/N-ethyl adjacent to an activating group) is 1. The molecule has 0 aliphatic carbocycles. The summed E-state index contributed by atoms with van der Waals surface area (Å²) in [5.41, 5.74) is -1.05. The van der Waals surface area contributed by atoms with Crippen LogP contribution in [0.5, 0.6) is 0 Å². The van der Waals surface area contributed by atoms with Gasteiger partial charge in [0.05, 0.1) is 18.1 Å². The summed E-state index contributed by atoms with van der Waals surface area (Å²) >= 11 is 0. The maximum Gasteiger partial charge on any atom is 0.240 e. The van der Waals surface area contributed by atoms with Gasteiger partial charge >= 0.3 is 0 Å². The first-order chi connectivity index (χ1) is 12.4. The quantitative estimate of drug-likeness (QED) is 0.817. The van der Waals surface area contributed by atoms with Crippen molar-refractivity contribution in [2.45, 2.75) is 43.6 Å². The molecule has 0 aromatic heterocycles. The second-order valence-electron chi connectivity index (χ2n) is 7.12. The van der Waals surface area contributed by atoms with Gasteiger partial charge in [0, 0.05) is 26.4 Å². The van der Waals surface area contributed by atoms with E-state index < -0.39 is 17.1 Å². The third kappa shape index (κ3) is 3.11. The molecular formula is C19H23FN2O4. The molecule has 0 spiro atoms. The van der Waals surface area contributed by atoms with Crippen LogP contribution in [0.25, 0.3) is 0 Å². The number of benzene rings is 1. The van der Waals surface area contributed by atoms with E-state index in [1.165, 1.54) is 25.2 Å². The number of likely N-dealkylation sites (tertiary alicyclic amines) is 2. The highest BCUT2D eigenvalue weighted by Crippen LogP contribution is 2.40. The lowest BCUT2D eigenvalue weighted by Crippen LogP contribution is -2.49. The number of nitrogens with zero attached hydrogens (tertiary/aromatic N) is 2. The molecule has 140 valence electrons. The number of aliphatic hydroxyl groups is 1. The summed E-state index contributed by atoms with van der Waals surface area (Å²) in [5, 5.41) is 9.55. The Labute approximate surface area is 151 Å². The minimum atomic E-state index is -1.39. The zero-order valence-corrected chi connectivity index (χ0v) is 14.8. The Bertz CT molecular complexity index is 738. The van der Waals surface area contributed by atoms with Crippen molar-refractivity contribution >= 4 is 17.7 Å². The van der Waals surface area contributed by atoms with Gasteiger partial charge in [-0.3, -0.25) is 19.3 Å². The van der Waals surface area contributed by atoms with E-state index in [4.69, 9.17) is 0 Å². The largest absolute Gasteiger partial charge is 0.394 e. The maximum atomic E-state index is 13.8. The molecule has 6 nitrogen and oxygen atoms in total. The Balaban J connectivity index is 1.96. The van der Waals surface area contributed by atoms with Gasteiger partial charge in [0.1, 0.15) is 5.82 Å². The maximum absolute atomic E-state index is 13.8. The minimum absolute atomic E-state index is 0.133. The van der Waals surface area contributed by atoms with Gasteiger partial charge in [-0.05, 0) is 37.0 Å². The van der Waals surface area contributed by atoms with Crippen LogP contribution in [0.4, 0.5) is 4.39 Å². The molecule has 2 saturated heterocycles. The molecule has 7 heteroatoms. The summed E-state index contributed by atoms with van der Waals surface area (Å²) in [5.74, 6) is -1.68. The van der Waals surface area contributed by atoms with Crippen LogP contribution in [0.15, 0.2) is 24.3 Å². The second-order valence-corrected chi connectivity index (χ2v) is 7.12. The molecule has 0 radical (unpaired) electrons. The molecule has 1 aromatic carbocycles. The predicted molar refractivity (Wildman–Crippen MR) is 91.5 cm³/mol. The molecule has 1 N–H and O–H groups in total. The highest BCUT2D eigenvalue weighted by atomic mass is 19.1. The van der Waals surface area contributed by atoms with Gasteiger partial charge in [-0.25, -0.2) is 4.39 Å². The lowest BCUT2D eigenvalue weighted by Gasteiger charge is -2.37. The van der Waals surface area contributed by atoms with E-state index in [2.05, 4.69) is 0 Å². The van der Waals surface area contributed by atoms with E-state index in [0.29, 0.717) is 18.5 Å². The number of piperidine rings is 1. The summed E-state index contributed by atoms with van der Waals surface area (Å²) in [7, 11) is 1.38. The molecule has 2 fully saturated rings. The number of halogens is 1. The summed E-state index contributed by atoms with van der Waals surface area (Å²) < 4.78 is 13.8. The van der Waals surface area contributed by atoms with E-state index in [1.807, 2.05) is 0 Å². The molecule has 2 unspecified atom stereocenters. The average molecular weight is 362 g/mol. The summed E-state index contributed by atoms with van der Waals surface area (Å²) in [4.78, 5) is 40.7. The topological polar surface area (TPSA) is 77.9 Å². The Morgan fingerprint density at radius 3 is 2.73 bits per heavy atom. The summed E-state index contributed by atoms with van der Waals surface area (Å²) in [6, 6.07) is 5.27. The Hall–Kier alpha value is -2.28. The third-order valence-electron chi connectivity index (χ3n) is 5.53. The predicted octanol–water partition coefficient (Wildman–Crippen LogP) is 1.22. The first kappa shape index (κ1) is 18.5. The molecule has 3 amide bonds. The number of imide groups is 1. The Morgan fingerprint density at radius 1 is 1.35 bits per heavy atom. The van der Waals surface area contributed by atoms with Crippen LogP contribution in [-0.2, 0) is 19.8 Å². The van der Waals surface area contributed by atoms with Crippen LogP contribution in [0.3, 0.4) is 0 Å². The molecule has 1 aromatic rings. The Morgan fingerprint density at radius 2 is 2.12 bits per heavy atom. The fourth-order valence-electron chi connectivity index (χ4n) is 4.02. The third-order valence-corrected chi connectivity index (χ3v) is 5.53. The van der Waals surface area contributed by atoms with Crippen molar-refractivity contribution in [1.29, 1.82) is 0 Å². The first-order valence-corrected chi connectivity index (χ1v) is 8.86. The van der Waals surface area contributed by atoms with Crippen molar-refractivity contribution in [3.8, 4) is 0 Å². The summed E-state index contributed by atoms with van der Waals surface area (Å²) in [6.07, 6.45) is 2.12. The number of amides is 3. The monoisotopic (exact) mass is 362 g/mol. The van der Waals surface area contributed by atoms with Crippen LogP contribution in [0.2, 0.25) is 0 Å². The van der Waals surface area contributed by atoms with Crippen molar-refractivity contribution in [3.63, 3.8) is 0 Å². The van der Waals surface area contributed by atoms with Gasteiger partial charge in [-0.1, -0.05) is 12.1 Å². The van der Waals surface area contributed by atoms with Gasteiger partial charge in [0.25, 0.3) is 0 Å². The lowest BCUT2D eigenvalue weighted by molar-refractivity contribution is -0.143. The fraction of sp³-hybridized carbons (Fsp3) is 0.526. The van der Waals surface area contributed by atoms with Crippen LogP contribution in [-0.4, -0.2) is 58.9 Å². The van der Waals surface area contributed by atoms with Crippen molar-refractivity contribution in [3.05, 3.63) is 35.6 Å². The van der Waals surface area contributed by atoms with Gasteiger partial charge in [-0.2, -0.15) is 0 Å². The van der Waals surface area contributed by atoms with Gasteiger partial charge in [0.15, 0.2) is 0 Å². The number of carbonyl (C=O) groups excluding carboxylic acids is 3. The number of aliphatic hydroxyl groups excluding tert-OH is 1. The number of rotatable bonds is 4. The van der Waals surface area contributed by atoms with E-state index >= 15 is 0 Å². The highest BCUT2D eigenvalue weighted by Gasteiger charge is 2.53. The van der Waals surface area contributed by atoms with Crippen molar-refractivity contribution in [1.82, 2.24) is 9.80 Å². The van der Waals surface area contributed by atoms with E-state index in [9.17, 15) is 23.9 Å². The van der Waals surface area contributed by atoms with Crippen molar-refractivity contribution in [2.75, 3.05) is 20.2 Å². The summed E-state index contributed by atoms with van der Waals surface area (Å²) in [6.45, 7) is 0.382. The van der Waals surface area contributed by atoms with E-state index in [1.54, 1.807) is 11.0 Å². The van der Waals surface area contributed by atoms with Crippen LogP contribution in [0.1, 0.15) is 37.7 Å². The normalized spacial score (nSPS) is 26.5. The second kappa shape index (κ2) is 7.15. The highest BCUT2D eigenvalue weighted by molar-refractivity contribution is 6.10. The molecule has 26 heavy (non-hydrogen) atoms. The molecule has 2 aliphatic heterocycles. The number of hydrogen-bond acceptors (Lipinski definition) is 4. The molecule has 2 aliphatic rings. The molecular weight excluding hydrogens is 339 g/mol. The molecule has 3 rings (SSSR count). The molecule has 0 saturated carbocycles. The lowest BCUT2D eigenvalue weighted by atomic mass is 9.75. The SMILES string of the molecule is CN1C(=O)CC(CC(=O)N2CCCCC2CO)(c2cccc(F)c2)C1=O. The first-order valence-electron chi connectivity index (χ1n) is 8.86. The van der Waals surface area contributed by atoms with Crippen LogP contribution >= 0.6 is 0 Å². The van der Waals surface area contributed by atoms with Gasteiger partial charge < -0.3 is 10.0 Å². The zero-order valence-electron chi connectivity index (χ0n) is 14.8. The molecule has 2 atom stereocenters. The minimum Gasteiger partial charge on any atom is -0.394 e. The Kier molecular flexibility index (Phi) is 5.09. The number of carbonyl (C=O) groups is 3. The van der Waals surface area contributed by atoms with Crippen LogP contribution < -0.4 is 0 Å². The average Bonchev–Trinajstić information content (AvgIpc) is 2.86. The molecule has 2 heterocycles. The zero-order chi connectivity index (χ0) is 18.9. The van der Waals surface area contributed by atoms with Gasteiger partial charge in [0.2, 0.25) is 17.7 Å². The fourth-order valence-corrected chi connectivity index (χ4v) is 4.02. The molecule has 0 bridgehead atoms. The van der Waals surface area contributed by atoms with Crippen LogP contribution in [0, 0.1) is 5.82 Å².